The molecule has 0 fully saturated rings. The molecule has 0 amide bonds. The Labute approximate surface area is 150 Å². The van der Waals surface area contributed by atoms with Gasteiger partial charge in [-0.15, -0.1) is 0 Å². The molecular formula is C17H20ClN3O2S. The van der Waals surface area contributed by atoms with Gasteiger partial charge in [0, 0.05) is 10.7 Å². The smallest absolute Gasteiger partial charge is 0.266 e. The first-order valence-corrected chi connectivity index (χ1v) is 8.32. The van der Waals surface area contributed by atoms with Gasteiger partial charge in [-0.3, -0.25) is 0 Å². The zero-order chi connectivity index (χ0) is 17.9. The minimum atomic E-state index is 0.150. The largest absolute Gasteiger partial charge is 0.506 e. The lowest BCUT2D eigenvalue weighted by atomic mass is 10.1. The van der Waals surface area contributed by atoms with Crippen LogP contribution in [0.4, 0.5) is 11.4 Å². The molecule has 3 aromatic rings. The Kier molecular flexibility index (Phi) is 5.75. The topological polar surface area (TPSA) is 101 Å². The molecule has 0 radical (unpaired) electrons. The second-order valence-electron chi connectivity index (χ2n) is 5.28. The number of nitrogen functional groups attached to an aromatic ring is 2. The van der Waals surface area contributed by atoms with Crippen LogP contribution >= 0.6 is 23.8 Å². The molecule has 6 N–H and O–H groups in total. The van der Waals surface area contributed by atoms with Crippen molar-refractivity contribution < 1.29 is 9.52 Å². The van der Waals surface area contributed by atoms with Crippen LogP contribution in [0.1, 0.15) is 25.0 Å². The van der Waals surface area contributed by atoms with Gasteiger partial charge in [0.25, 0.3) is 4.84 Å². The SMILES string of the molecule is CCc1cc(Cl)cc(N)c1O.CCc1cc(N)cc2[nH]c(=S)oc12. The first kappa shape index (κ1) is 18.2. The number of fused-ring (bicyclic) bond motifs is 1. The van der Waals surface area contributed by atoms with E-state index >= 15 is 0 Å². The van der Waals surface area contributed by atoms with Gasteiger partial charge >= 0.3 is 0 Å². The van der Waals surface area contributed by atoms with Crippen LogP contribution in [0.3, 0.4) is 0 Å². The van der Waals surface area contributed by atoms with Crippen molar-refractivity contribution >= 4 is 46.3 Å². The van der Waals surface area contributed by atoms with Crippen LogP contribution in [0.5, 0.6) is 5.75 Å². The highest BCUT2D eigenvalue weighted by Gasteiger charge is 2.05. The number of aromatic nitrogens is 1. The maximum atomic E-state index is 9.34. The number of hydrogen-bond acceptors (Lipinski definition) is 5. The molecule has 7 heteroatoms. The second kappa shape index (κ2) is 7.59. The van der Waals surface area contributed by atoms with Crippen LogP contribution in [0, 0.1) is 4.84 Å². The first-order chi connectivity index (χ1) is 11.3. The molecule has 128 valence electrons. The van der Waals surface area contributed by atoms with Crippen LogP contribution in [0.2, 0.25) is 5.02 Å². The van der Waals surface area contributed by atoms with E-state index in [9.17, 15) is 5.11 Å². The van der Waals surface area contributed by atoms with Gasteiger partial charge in [-0.05, 0) is 60.5 Å². The summed E-state index contributed by atoms with van der Waals surface area (Å²) in [7, 11) is 0. The third kappa shape index (κ3) is 4.01. The van der Waals surface area contributed by atoms with Gasteiger partial charge in [0.15, 0.2) is 5.58 Å². The fourth-order valence-corrected chi connectivity index (χ4v) is 2.81. The Hall–Kier alpha value is -2.18. The van der Waals surface area contributed by atoms with Gasteiger partial charge in [0.05, 0.1) is 11.2 Å². The Bertz CT molecular complexity index is 918. The molecule has 0 saturated heterocycles. The maximum absolute atomic E-state index is 9.34. The highest BCUT2D eigenvalue weighted by atomic mass is 35.5. The molecule has 0 saturated carbocycles. The molecule has 2 aromatic carbocycles. The number of rotatable bonds is 2. The van der Waals surface area contributed by atoms with E-state index in [2.05, 4.69) is 11.9 Å². The molecule has 1 aromatic heterocycles. The maximum Gasteiger partial charge on any atom is 0.266 e. The van der Waals surface area contributed by atoms with Crippen molar-refractivity contribution in [3.63, 3.8) is 0 Å². The molecule has 0 atom stereocenters. The number of hydrogen-bond donors (Lipinski definition) is 4. The molecule has 3 rings (SSSR count). The van der Waals surface area contributed by atoms with Crippen molar-refractivity contribution in [1.82, 2.24) is 4.98 Å². The van der Waals surface area contributed by atoms with Crippen molar-refractivity contribution in [2.24, 2.45) is 0 Å². The minimum absolute atomic E-state index is 0.150. The minimum Gasteiger partial charge on any atom is -0.506 e. The number of aromatic hydroxyl groups is 1. The molecule has 1 heterocycles. The summed E-state index contributed by atoms with van der Waals surface area (Å²) in [5, 5.41) is 9.91. The normalized spacial score (nSPS) is 10.5. The summed E-state index contributed by atoms with van der Waals surface area (Å²) in [5.74, 6) is 0.150. The quantitative estimate of drug-likeness (QED) is 0.296. The molecule has 0 bridgehead atoms. The van der Waals surface area contributed by atoms with Crippen molar-refractivity contribution in [2.45, 2.75) is 26.7 Å². The fraction of sp³-hybridized carbons (Fsp3) is 0.235. The van der Waals surface area contributed by atoms with Gasteiger partial charge in [0.2, 0.25) is 0 Å². The average Bonchev–Trinajstić information content (AvgIpc) is 2.90. The standard InChI is InChI=1S/C9H10N2OS.C8H10ClNO/c1-2-5-3-6(10)4-7-8(5)12-9(13)11-7;1-2-5-3-6(9)4-7(10)8(5)11/h3-4H,2,10H2,1H3,(H,11,13);3-4,11H,2,10H2,1H3. The number of aromatic amines is 1. The number of nitrogens with one attached hydrogen (secondary N) is 1. The zero-order valence-corrected chi connectivity index (χ0v) is 15.1. The number of phenols is 1. The number of benzene rings is 2. The summed E-state index contributed by atoms with van der Waals surface area (Å²) in [6.45, 7) is 3.99. The van der Waals surface area contributed by atoms with E-state index in [1.807, 2.05) is 19.1 Å². The molecule has 5 nitrogen and oxygen atoms in total. The van der Waals surface area contributed by atoms with Crippen molar-refractivity contribution in [3.8, 4) is 5.75 Å². The molecule has 0 aliphatic carbocycles. The van der Waals surface area contributed by atoms with E-state index in [4.69, 9.17) is 39.7 Å². The Morgan fingerprint density at radius 2 is 1.79 bits per heavy atom. The molecule has 0 spiro atoms. The fourth-order valence-electron chi connectivity index (χ4n) is 2.37. The predicted molar refractivity (Wildman–Crippen MR) is 102 cm³/mol. The van der Waals surface area contributed by atoms with E-state index < -0.39 is 0 Å². The van der Waals surface area contributed by atoms with Gasteiger partial charge < -0.3 is 26.0 Å². The monoisotopic (exact) mass is 365 g/mol. The number of aryl methyl sites for hydroxylation is 2. The van der Waals surface area contributed by atoms with Crippen molar-refractivity contribution in [3.05, 3.63) is 45.3 Å². The first-order valence-electron chi connectivity index (χ1n) is 7.53. The van der Waals surface area contributed by atoms with Crippen LogP contribution in [-0.2, 0) is 12.8 Å². The summed E-state index contributed by atoms with van der Waals surface area (Å²) >= 11 is 10.6. The van der Waals surface area contributed by atoms with Gasteiger partial charge in [0.1, 0.15) is 5.75 Å². The van der Waals surface area contributed by atoms with Gasteiger partial charge in [-0.2, -0.15) is 0 Å². The van der Waals surface area contributed by atoms with Gasteiger partial charge in [-0.25, -0.2) is 0 Å². The molecule has 24 heavy (non-hydrogen) atoms. The second-order valence-corrected chi connectivity index (χ2v) is 6.09. The predicted octanol–water partition coefficient (Wildman–Crippen LogP) is 4.83. The van der Waals surface area contributed by atoms with E-state index in [1.165, 1.54) is 6.07 Å². The van der Waals surface area contributed by atoms with Crippen molar-refractivity contribution in [1.29, 1.82) is 0 Å². The van der Waals surface area contributed by atoms with Crippen LogP contribution < -0.4 is 11.5 Å². The lowest BCUT2D eigenvalue weighted by molar-refractivity contribution is 0.471. The molecule has 0 unspecified atom stereocenters. The summed E-state index contributed by atoms with van der Waals surface area (Å²) in [5.41, 5.74) is 15.8. The highest BCUT2D eigenvalue weighted by molar-refractivity contribution is 7.71. The Morgan fingerprint density at radius 1 is 1.12 bits per heavy atom. The van der Waals surface area contributed by atoms with E-state index in [0.717, 1.165) is 40.8 Å². The lowest BCUT2D eigenvalue weighted by Gasteiger charge is -2.04. The van der Waals surface area contributed by atoms with Crippen molar-refractivity contribution in [2.75, 3.05) is 11.5 Å². The molecule has 0 aliphatic rings. The zero-order valence-electron chi connectivity index (χ0n) is 13.5. The van der Waals surface area contributed by atoms with Crippen LogP contribution in [0.25, 0.3) is 11.1 Å². The van der Waals surface area contributed by atoms with E-state index in [-0.39, 0.29) is 5.75 Å². The van der Waals surface area contributed by atoms with Crippen LogP contribution in [0.15, 0.2) is 28.7 Å². The summed E-state index contributed by atoms with van der Waals surface area (Å²) in [4.78, 5) is 3.34. The number of phenolic OH excluding ortho intramolecular Hbond substituents is 1. The number of H-pyrrole nitrogens is 1. The summed E-state index contributed by atoms with van der Waals surface area (Å²) < 4.78 is 5.35. The number of oxazole rings is 1. The van der Waals surface area contributed by atoms with E-state index in [1.54, 1.807) is 6.07 Å². The number of anilines is 2. The van der Waals surface area contributed by atoms with E-state index in [0.29, 0.717) is 15.5 Å². The number of nitrogens with two attached hydrogens (primary N) is 2. The van der Waals surface area contributed by atoms with Crippen LogP contribution in [-0.4, -0.2) is 10.1 Å². The number of halogens is 1. The third-order valence-electron chi connectivity index (χ3n) is 3.56. The summed E-state index contributed by atoms with van der Waals surface area (Å²) in [6, 6.07) is 6.99. The Morgan fingerprint density at radius 3 is 2.42 bits per heavy atom. The lowest BCUT2D eigenvalue weighted by Crippen LogP contribution is -1.89. The third-order valence-corrected chi connectivity index (χ3v) is 3.97. The van der Waals surface area contributed by atoms with Gasteiger partial charge in [-0.1, -0.05) is 25.4 Å². The summed E-state index contributed by atoms with van der Waals surface area (Å²) in [6.07, 6.45) is 1.62. The average molecular weight is 366 g/mol. The molecular weight excluding hydrogens is 346 g/mol. The highest BCUT2D eigenvalue weighted by Crippen LogP contribution is 2.29. The Balaban J connectivity index is 0.000000177. The molecule has 0 aliphatic heterocycles.